The molecular formula is C15H22O2. The standard InChI is InChI=1S/C15H22O2/c1-3-5-6-7-8-9-10-11-12-13-14-17-15(16)4-2/h4,9-14H,2-3,5-8H2,1H3. The summed E-state index contributed by atoms with van der Waals surface area (Å²) in [6.45, 7) is 5.51. The molecule has 0 fully saturated rings. The van der Waals surface area contributed by atoms with Crippen LogP contribution >= 0.6 is 0 Å². The van der Waals surface area contributed by atoms with Crippen LogP contribution in [0.1, 0.15) is 39.0 Å². The minimum absolute atomic E-state index is 0.443. The van der Waals surface area contributed by atoms with E-state index < -0.39 is 5.97 Å². The molecule has 0 radical (unpaired) electrons. The number of rotatable bonds is 9. The summed E-state index contributed by atoms with van der Waals surface area (Å²) in [7, 11) is 0. The van der Waals surface area contributed by atoms with Gasteiger partial charge in [-0.1, -0.05) is 57.1 Å². The predicted octanol–water partition coefficient (Wildman–Crippen LogP) is 4.31. The van der Waals surface area contributed by atoms with Gasteiger partial charge in [-0.2, -0.15) is 0 Å². The van der Waals surface area contributed by atoms with Crippen LogP contribution in [0.5, 0.6) is 0 Å². The smallest absolute Gasteiger partial charge is 0.334 e. The van der Waals surface area contributed by atoms with Crippen molar-refractivity contribution in [2.24, 2.45) is 0 Å². The van der Waals surface area contributed by atoms with Crippen LogP contribution in [0, 0.1) is 0 Å². The van der Waals surface area contributed by atoms with Gasteiger partial charge in [-0.3, -0.25) is 0 Å². The summed E-state index contributed by atoms with van der Waals surface area (Å²) >= 11 is 0. The molecule has 2 nitrogen and oxygen atoms in total. The van der Waals surface area contributed by atoms with Crippen LogP contribution in [0.2, 0.25) is 0 Å². The molecule has 0 aromatic carbocycles. The largest absolute Gasteiger partial charge is 0.431 e. The van der Waals surface area contributed by atoms with Crippen LogP contribution < -0.4 is 0 Å². The van der Waals surface area contributed by atoms with Crippen molar-refractivity contribution in [1.82, 2.24) is 0 Å². The van der Waals surface area contributed by atoms with Crippen LogP contribution in [-0.2, 0) is 9.53 Å². The summed E-state index contributed by atoms with van der Waals surface area (Å²) in [6, 6.07) is 0. The van der Waals surface area contributed by atoms with Gasteiger partial charge >= 0.3 is 5.97 Å². The summed E-state index contributed by atoms with van der Waals surface area (Å²) in [4.78, 5) is 10.6. The number of esters is 1. The van der Waals surface area contributed by atoms with Gasteiger partial charge < -0.3 is 4.74 Å². The minimum Gasteiger partial charge on any atom is -0.431 e. The van der Waals surface area contributed by atoms with E-state index in [9.17, 15) is 4.79 Å². The van der Waals surface area contributed by atoms with Crippen LogP contribution in [0.15, 0.2) is 49.3 Å². The maximum absolute atomic E-state index is 10.6. The Bertz CT molecular complexity index is 285. The molecule has 0 aliphatic heterocycles. The van der Waals surface area contributed by atoms with Crippen molar-refractivity contribution in [2.45, 2.75) is 39.0 Å². The van der Waals surface area contributed by atoms with Gasteiger partial charge in [0, 0.05) is 6.08 Å². The SMILES string of the molecule is C=CC(=O)OC=CC=CC=CCCCCCC. The maximum Gasteiger partial charge on any atom is 0.334 e. The Hall–Kier alpha value is -1.57. The molecule has 0 heterocycles. The highest BCUT2D eigenvalue weighted by molar-refractivity contribution is 5.81. The van der Waals surface area contributed by atoms with E-state index >= 15 is 0 Å². The van der Waals surface area contributed by atoms with E-state index in [0.717, 1.165) is 12.5 Å². The lowest BCUT2D eigenvalue weighted by Gasteiger charge is -1.92. The fraction of sp³-hybridized carbons (Fsp3) is 0.400. The molecule has 17 heavy (non-hydrogen) atoms. The Morgan fingerprint density at radius 1 is 1.12 bits per heavy atom. The quantitative estimate of drug-likeness (QED) is 0.195. The third kappa shape index (κ3) is 12.4. The van der Waals surface area contributed by atoms with Crippen molar-refractivity contribution in [3.05, 3.63) is 49.3 Å². The molecule has 0 saturated carbocycles. The van der Waals surface area contributed by atoms with Gasteiger partial charge in [-0.05, 0) is 18.9 Å². The van der Waals surface area contributed by atoms with Crippen LogP contribution in [-0.4, -0.2) is 5.97 Å². The average molecular weight is 234 g/mol. The molecule has 0 rings (SSSR count). The van der Waals surface area contributed by atoms with E-state index in [4.69, 9.17) is 0 Å². The molecule has 0 atom stereocenters. The first-order chi connectivity index (χ1) is 8.31. The van der Waals surface area contributed by atoms with Crippen molar-refractivity contribution in [3.8, 4) is 0 Å². The summed E-state index contributed by atoms with van der Waals surface area (Å²) in [5, 5.41) is 0. The normalized spacial score (nSPS) is 11.6. The number of hydrogen-bond acceptors (Lipinski definition) is 2. The fourth-order valence-corrected chi connectivity index (χ4v) is 1.19. The molecule has 0 bridgehead atoms. The Kier molecular flexibility index (Phi) is 11.3. The molecule has 0 amide bonds. The topological polar surface area (TPSA) is 26.3 Å². The molecule has 0 aliphatic carbocycles. The number of unbranched alkanes of at least 4 members (excludes halogenated alkanes) is 4. The second-order valence-electron chi connectivity index (χ2n) is 3.63. The van der Waals surface area contributed by atoms with Gasteiger partial charge in [-0.15, -0.1) is 0 Å². The summed E-state index contributed by atoms with van der Waals surface area (Å²) in [5.74, 6) is -0.443. The van der Waals surface area contributed by atoms with Gasteiger partial charge in [0.05, 0.1) is 6.26 Å². The minimum atomic E-state index is -0.443. The number of ether oxygens (including phenoxy) is 1. The number of carbonyl (C=O) groups excluding carboxylic acids is 1. The molecule has 0 spiro atoms. The van der Waals surface area contributed by atoms with Gasteiger partial charge in [0.2, 0.25) is 0 Å². The number of allylic oxidation sites excluding steroid dienone is 5. The van der Waals surface area contributed by atoms with Crippen molar-refractivity contribution in [1.29, 1.82) is 0 Å². The lowest BCUT2D eigenvalue weighted by molar-refractivity contribution is -0.132. The van der Waals surface area contributed by atoms with E-state index in [1.807, 2.05) is 18.2 Å². The van der Waals surface area contributed by atoms with Crippen LogP contribution in [0.3, 0.4) is 0 Å². The third-order valence-corrected chi connectivity index (χ3v) is 2.12. The van der Waals surface area contributed by atoms with Gasteiger partial charge in [-0.25, -0.2) is 4.79 Å². The maximum atomic E-state index is 10.6. The molecule has 0 N–H and O–H groups in total. The first-order valence-electron chi connectivity index (χ1n) is 6.12. The number of hydrogen-bond donors (Lipinski definition) is 0. The third-order valence-electron chi connectivity index (χ3n) is 2.12. The second-order valence-corrected chi connectivity index (χ2v) is 3.63. The van der Waals surface area contributed by atoms with E-state index in [-0.39, 0.29) is 0 Å². The zero-order valence-corrected chi connectivity index (χ0v) is 10.6. The van der Waals surface area contributed by atoms with Crippen LogP contribution in [0.4, 0.5) is 0 Å². The summed E-state index contributed by atoms with van der Waals surface area (Å²) in [5.41, 5.74) is 0. The van der Waals surface area contributed by atoms with Crippen molar-refractivity contribution in [2.75, 3.05) is 0 Å². The Balaban J connectivity index is 3.49. The highest BCUT2D eigenvalue weighted by Crippen LogP contribution is 2.02. The monoisotopic (exact) mass is 234 g/mol. The lowest BCUT2D eigenvalue weighted by atomic mass is 10.1. The average Bonchev–Trinajstić information content (AvgIpc) is 2.35. The van der Waals surface area contributed by atoms with Crippen molar-refractivity contribution in [3.63, 3.8) is 0 Å². The summed E-state index contributed by atoms with van der Waals surface area (Å²) in [6.07, 6.45) is 18.3. The molecule has 0 aliphatic rings. The van der Waals surface area contributed by atoms with Gasteiger partial charge in [0.25, 0.3) is 0 Å². The Morgan fingerprint density at radius 3 is 2.59 bits per heavy atom. The zero-order valence-electron chi connectivity index (χ0n) is 10.6. The molecule has 0 aromatic rings. The lowest BCUT2D eigenvalue weighted by Crippen LogP contribution is -1.91. The second kappa shape index (κ2) is 12.5. The van der Waals surface area contributed by atoms with E-state index in [0.29, 0.717) is 0 Å². The molecule has 0 unspecified atom stereocenters. The van der Waals surface area contributed by atoms with Gasteiger partial charge in [0.15, 0.2) is 0 Å². The molecular weight excluding hydrogens is 212 g/mol. The molecule has 0 aromatic heterocycles. The zero-order chi connectivity index (χ0) is 12.8. The predicted molar refractivity (Wildman–Crippen MR) is 72.5 cm³/mol. The first-order valence-corrected chi connectivity index (χ1v) is 6.12. The molecule has 94 valence electrons. The fourth-order valence-electron chi connectivity index (χ4n) is 1.19. The number of carbonyl (C=O) groups is 1. The van der Waals surface area contributed by atoms with E-state index in [1.165, 1.54) is 31.9 Å². The first kappa shape index (κ1) is 15.4. The highest BCUT2D eigenvalue weighted by Gasteiger charge is 1.86. The molecule has 0 saturated heterocycles. The molecule has 2 heteroatoms. The summed E-state index contributed by atoms with van der Waals surface area (Å²) < 4.78 is 4.65. The van der Waals surface area contributed by atoms with E-state index in [2.05, 4.69) is 24.3 Å². The highest BCUT2D eigenvalue weighted by atomic mass is 16.5. The van der Waals surface area contributed by atoms with Crippen LogP contribution in [0.25, 0.3) is 0 Å². The Labute approximate surface area is 104 Å². The van der Waals surface area contributed by atoms with E-state index in [1.54, 1.807) is 6.08 Å². The van der Waals surface area contributed by atoms with Gasteiger partial charge in [0.1, 0.15) is 0 Å². The van der Waals surface area contributed by atoms with Crippen molar-refractivity contribution >= 4 is 5.97 Å². The van der Waals surface area contributed by atoms with Crippen molar-refractivity contribution < 1.29 is 9.53 Å². The Morgan fingerprint density at radius 2 is 1.88 bits per heavy atom.